The van der Waals surface area contributed by atoms with Gasteiger partial charge in [-0.15, -0.1) is 11.3 Å². The zero-order valence-electron chi connectivity index (χ0n) is 11.7. The van der Waals surface area contributed by atoms with Crippen molar-refractivity contribution in [2.24, 2.45) is 0 Å². The van der Waals surface area contributed by atoms with E-state index in [0.29, 0.717) is 10.2 Å². The van der Waals surface area contributed by atoms with Crippen molar-refractivity contribution in [2.75, 3.05) is 17.2 Å². The lowest BCUT2D eigenvalue weighted by Crippen LogP contribution is -2.20. The smallest absolute Gasteiger partial charge is 0.381 e. The maximum atomic E-state index is 11.7. The molecule has 0 fully saturated rings. The fraction of sp³-hybridized carbons (Fsp3) is 0.143. The summed E-state index contributed by atoms with van der Waals surface area (Å²) < 4.78 is 4.65. The molecule has 0 amide bonds. The number of hydrogen-bond acceptors (Lipinski definition) is 6. The Kier molecular flexibility index (Phi) is 5.56. The normalized spacial score (nSPS) is 9.86. The van der Waals surface area contributed by atoms with Gasteiger partial charge in [0.15, 0.2) is 10.2 Å². The molecule has 22 heavy (non-hydrogen) atoms. The molecule has 1 aromatic heterocycles. The lowest BCUT2D eigenvalue weighted by atomic mass is 10.3. The number of carbonyl (C=O) groups excluding carboxylic acids is 2. The van der Waals surface area contributed by atoms with Crippen LogP contribution in [0.25, 0.3) is 0 Å². The summed E-state index contributed by atoms with van der Waals surface area (Å²) in [5, 5.41) is 8.08. The summed E-state index contributed by atoms with van der Waals surface area (Å²) in [5.74, 6) is -1.68. The molecule has 0 saturated heterocycles. The molecular formula is C14H13N3O3S2. The van der Waals surface area contributed by atoms with Gasteiger partial charge in [-0.05, 0) is 31.3 Å². The van der Waals surface area contributed by atoms with Crippen molar-refractivity contribution in [3.05, 3.63) is 41.4 Å². The number of thiazole rings is 1. The van der Waals surface area contributed by atoms with Gasteiger partial charge in [-0.3, -0.25) is 4.79 Å². The number of anilines is 2. The van der Waals surface area contributed by atoms with E-state index < -0.39 is 11.8 Å². The van der Waals surface area contributed by atoms with Crippen LogP contribution in [0.1, 0.15) is 17.4 Å². The summed E-state index contributed by atoms with van der Waals surface area (Å²) in [7, 11) is 0. The van der Waals surface area contributed by atoms with Crippen LogP contribution in [-0.4, -0.2) is 28.5 Å². The van der Waals surface area contributed by atoms with Crippen molar-refractivity contribution < 1.29 is 14.3 Å². The quantitative estimate of drug-likeness (QED) is 0.376. The summed E-state index contributed by atoms with van der Waals surface area (Å²) in [6, 6.07) is 9.39. The summed E-state index contributed by atoms with van der Waals surface area (Å²) in [4.78, 5) is 27.1. The van der Waals surface area contributed by atoms with Crippen molar-refractivity contribution in [3.63, 3.8) is 0 Å². The molecule has 0 aliphatic carbocycles. The van der Waals surface area contributed by atoms with Crippen molar-refractivity contribution in [3.8, 4) is 0 Å². The van der Waals surface area contributed by atoms with Gasteiger partial charge in [-0.1, -0.05) is 18.2 Å². The highest BCUT2D eigenvalue weighted by molar-refractivity contribution is 7.80. The van der Waals surface area contributed by atoms with E-state index in [0.717, 1.165) is 5.69 Å². The van der Waals surface area contributed by atoms with Gasteiger partial charge in [0, 0.05) is 11.1 Å². The molecular weight excluding hydrogens is 322 g/mol. The Hall–Kier alpha value is -2.32. The second kappa shape index (κ2) is 7.62. The fourth-order valence-corrected chi connectivity index (χ4v) is 2.49. The number of Topliss-reactive ketones (excluding diaryl/α,β-unsaturated/α-hetero) is 1. The number of rotatable bonds is 5. The third-order valence-corrected chi connectivity index (χ3v) is 3.41. The predicted molar refractivity (Wildman–Crippen MR) is 89.4 cm³/mol. The van der Waals surface area contributed by atoms with E-state index in [-0.39, 0.29) is 12.3 Å². The minimum atomic E-state index is -0.913. The van der Waals surface area contributed by atoms with Crippen LogP contribution < -0.4 is 10.6 Å². The van der Waals surface area contributed by atoms with Gasteiger partial charge in [0.1, 0.15) is 5.69 Å². The van der Waals surface area contributed by atoms with E-state index >= 15 is 0 Å². The van der Waals surface area contributed by atoms with Crippen LogP contribution in [-0.2, 0) is 9.53 Å². The third kappa shape index (κ3) is 4.34. The second-order valence-corrected chi connectivity index (χ2v) is 5.30. The molecule has 0 aliphatic heterocycles. The average Bonchev–Trinajstić information content (AvgIpc) is 2.96. The lowest BCUT2D eigenvalue weighted by Gasteiger charge is -2.07. The Bertz CT molecular complexity index is 686. The highest BCUT2D eigenvalue weighted by Gasteiger charge is 2.20. The number of benzene rings is 1. The Morgan fingerprint density at radius 2 is 2.00 bits per heavy atom. The maximum Gasteiger partial charge on any atom is 0.381 e. The van der Waals surface area contributed by atoms with Gasteiger partial charge in [0.05, 0.1) is 6.61 Å². The lowest BCUT2D eigenvalue weighted by molar-refractivity contribution is -0.137. The van der Waals surface area contributed by atoms with Crippen LogP contribution in [0.2, 0.25) is 0 Å². The molecule has 1 heterocycles. The molecule has 2 N–H and O–H groups in total. The number of hydrogen-bond donors (Lipinski definition) is 2. The van der Waals surface area contributed by atoms with E-state index in [1.807, 2.05) is 30.3 Å². The minimum Gasteiger partial charge on any atom is -0.460 e. The number of ether oxygens (including phenoxy) is 1. The minimum absolute atomic E-state index is 0.0356. The molecule has 0 spiro atoms. The van der Waals surface area contributed by atoms with Gasteiger partial charge in [-0.2, -0.15) is 0 Å². The Morgan fingerprint density at radius 3 is 2.68 bits per heavy atom. The number of nitrogens with zero attached hydrogens (tertiary/aromatic N) is 1. The van der Waals surface area contributed by atoms with Crippen molar-refractivity contribution >= 4 is 51.2 Å². The fourth-order valence-electron chi connectivity index (χ4n) is 1.52. The van der Waals surface area contributed by atoms with Crippen LogP contribution in [0.4, 0.5) is 10.8 Å². The van der Waals surface area contributed by atoms with E-state index in [9.17, 15) is 9.59 Å². The number of ketones is 1. The molecule has 114 valence electrons. The maximum absolute atomic E-state index is 11.7. The summed E-state index contributed by atoms with van der Waals surface area (Å²) >= 11 is 6.33. The molecule has 8 heteroatoms. The first-order chi connectivity index (χ1) is 10.6. The number of thiocarbonyl (C=S) groups is 1. The van der Waals surface area contributed by atoms with E-state index in [2.05, 4.69) is 20.4 Å². The number of carbonyl (C=O) groups is 2. The van der Waals surface area contributed by atoms with E-state index in [1.165, 1.54) is 16.7 Å². The molecule has 0 aliphatic rings. The second-order valence-electron chi connectivity index (χ2n) is 4.03. The first kappa shape index (κ1) is 16.1. The van der Waals surface area contributed by atoms with Gasteiger partial charge in [-0.25, -0.2) is 9.78 Å². The average molecular weight is 335 g/mol. The SMILES string of the molecule is CCOC(=O)C(=O)c1csc(NC(=S)Nc2ccccc2)n1. The summed E-state index contributed by atoms with van der Waals surface area (Å²) in [6.45, 7) is 1.78. The van der Waals surface area contributed by atoms with Crippen LogP contribution in [0.5, 0.6) is 0 Å². The molecule has 2 aromatic rings. The largest absolute Gasteiger partial charge is 0.460 e. The first-order valence-electron chi connectivity index (χ1n) is 6.40. The molecule has 6 nitrogen and oxygen atoms in total. The molecule has 0 atom stereocenters. The predicted octanol–water partition coefficient (Wildman–Crippen LogP) is 2.70. The Balaban J connectivity index is 1.96. The molecule has 0 radical (unpaired) electrons. The number of esters is 1. The van der Waals surface area contributed by atoms with Gasteiger partial charge in [0.2, 0.25) is 0 Å². The Morgan fingerprint density at radius 1 is 1.27 bits per heavy atom. The number of aromatic nitrogens is 1. The summed E-state index contributed by atoms with van der Waals surface area (Å²) in [6.07, 6.45) is 0. The van der Waals surface area contributed by atoms with Gasteiger partial charge >= 0.3 is 5.97 Å². The zero-order chi connectivity index (χ0) is 15.9. The van der Waals surface area contributed by atoms with Gasteiger partial charge in [0.25, 0.3) is 5.78 Å². The molecule has 2 rings (SSSR count). The molecule has 0 unspecified atom stereocenters. The molecule has 0 saturated carbocycles. The van der Waals surface area contributed by atoms with Crippen LogP contribution in [0, 0.1) is 0 Å². The van der Waals surface area contributed by atoms with Crippen molar-refractivity contribution in [1.29, 1.82) is 0 Å². The van der Waals surface area contributed by atoms with E-state index in [4.69, 9.17) is 12.2 Å². The standard InChI is InChI=1S/C14H13N3O3S2/c1-2-20-12(19)11(18)10-8-22-14(16-10)17-13(21)15-9-6-4-3-5-7-9/h3-8H,2H2,1H3,(H2,15,16,17,21). The van der Waals surface area contributed by atoms with Gasteiger partial charge < -0.3 is 15.4 Å². The topological polar surface area (TPSA) is 80.3 Å². The van der Waals surface area contributed by atoms with E-state index in [1.54, 1.807) is 6.92 Å². The van der Waals surface area contributed by atoms with Crippen LogP contribution >= 0.6 is 23.6 Å². The summed E-state index contributed by atoms with van der Waals surface area (Å²) in [5.41, 5.74) is 0.868. The zero-order valence-corrected chi connectivity index (χ0v) is 13.3. The number of nitrogens with one attached hydrogen (secondary N) is 2. The highest BCUT2D eigenvalue weighted by atomic mass is 32.1. The van der Waals surface area contributed by atoms with Crippen LogP contribution in [0.3, 0.4) is 0 Å². The Labute approximate surface area is 136 Å². The first-order valence-corrected chi connectivity index (χ1v) is 7.69. The van der Waals surface area contributed by atoms with Crippen LogP contribution in [0.15, 0.2) is 35.7 Å². The third-order valence-electron chi connectivity index (χ3n) is 2.45. The van der Waals surface area contributed by atoms with Crippen molar-refractivity contribution in [2.45, 2.75) is 6.92 Å². The molecule has 1 aromatic carbocycles. The number of para-hydroxylation sites is 1. The molecule has 0 bridgehead atoms. The highest BCUT2D eigenvalue weighted by Crippen LogP contribution is 2.17. The monoisotopic (exact) mass is 335 g/mol. The van der Waals surface area contributed by atoms with Crippen molar-refractivity contribution in [1.82, 2.24) is 4.98 Å².